The Hall–Kier alpha value is 0. The molecular weight excluding hydrogens is 180 g/mol. The van der Waals surface area contributed by atoms with E-state index in [1.54, 1.807) is 0 Å². The molecular formula is C15H30. The van der Waals surface area contributed by atoms with Gasteiger partial charge < -0.3 is 0 Å². The maximum Gasteiger partial charge on any atom is -0.0295 e. The summed E-state index contributed by atoms with van der Waals surface area (Å²) in [5, 5.41) is 0. The van der Waals surface area contributed by atoms with E-state index in [1.807, 2.05) is 0 Å². The first-order valence-electron chi connectivity index (χ1n) is 6.89. The molecule has 0 radical (unpaired) electrons. The number of hydrogen-bond acceptors (Lipinski definition) is 0. The van der Waals surface area contributed by atoms with Gasteiger partial charge in [0.25, 0.3) is 0 Å². The van der Waals surface area contributed by atoms with Crippen molar-refractivity contribution < 1.29 is 0 Å². The van der Waals surface area contributed by atoms with Crippen molar-refractivity contribution in [3.63, 3.8) is 0 Å². The predicted octanol–water partition coefficient (Wildman–Crippen LogP) is 5.13. The Morgan fingerprint density at radius 1 is 1.13 bits per heavy atom. The van der Waals surface area contributed by atoms with Gasteiger partial charge in [-0.05, 0) is 48.3 Å². The van der Waals surface area contributed by atoms with Gasteiger partial charge in [-0.2, -0.15) is 0 Å². The average molecular weight is 210 g/mol. The normalized spacial score (nSPS) is 43.0. The summed E-state index contributed by atoms with van der Waals surface area (Å²) in [5.74, 6) is 3.64. The molecule has 0 nitrogen and oxygen atoms in total. The van der Waals surface area contributed by atoms with Crippen LogP contribution in [0.5, 0.6) is 0 Å². The summed E-state index contributed by atoms with van der Waals surface area (Å²) in [6.07, 6.45) is 5.69. The monoisotopic (exact) mass is 210 g/mol. The van der Waals surface area contributed by atoms with Gasteiger partial charge in [0.2, 0.25) is 0 Å². The number of rotatable bonds is 2. The minimum Gasteiger partial charge on any atom is -0.0649 e. The smallest absolute Gasteiger partial charge is 0.0295 e. The van der Waals surface area contributed by atoms with Crippen LogP contribution in [0.4, 0.5) is 0 Å². The quantitative estimate of drug-likeness (QED) is 0.554. The van der Waals surface area contributed by atoms with Crippen molar-refractivity contribution >= 4 is 0 Å². The van der Waals surface area contributed by atoms with Crippen molar-refractivity contribution in [1.82, 2.24) is 0 Å². The Balaban J connectivity index is 2.88. The molecule has 15 heavy (non-hydrogen) atoms. The minimum atomic E-state index is 0.596. The topological polar surface area (TPSA) is 0 Å². The van der Waals surface area contributed by atoms with E-state index in [1.165, 1.54) is 25.7 Å². The summed E-state index contributed by atoms with van der Waals surface area (Å²) in [6.45, 7) is 14.7. The van der Waals surface area contributed by atoms with E-state index in [9.17, 15) is 0 Å². The summed E-state index contributed by atoms with van der Waals surface area (Å²) in [4.78, 5) is 0. The first-order valence-corrected chi connectivity index (χ1v) is 6.89. The second-order valence-electron chi connectivity index (χ2n) is 6.74. The molecule has 1 aliphatic carbocycles. The van der Waals surface area contributed by atoms with Gasteiger partial charge >= 0.3 is 0 Å². The molecule has 0 aromatic heterocycles. The fraction of sp³-hybridized carbons (Fsp3) is 1.00. The summed E-state index contributed by atoms with van der Waals surface area (Å²) in [6, 6.07) is 0. The van der Waals surface area contributed by atoms with E-state index in [0.29, 0.717) is 5.41 Å². The van der Waals surface area contributed by atoms with Crippen LogP contribution in [0, 0.1) is 29.1 Å². The highest BCUT2D eigenvalue weighted by atomic mass is 14.4. The molecule has 0 aromatic rings. The largest absolute Gasteiger partial charge is 0.0649 e. The van der Waals surface area contributed by atoms with E-state index < -0.39 is 0 Å². The summed E-state index contributed by atoms with van der Waals surface area (Å²) >= 11 is 0. The van der Waals surface area contributed by atoms with Crippen molar-refractivity contribution in [1.29, 1.82) is 0 Å². The van der Waals surface area contributed by atoms with Crippen LogP contribution in [0.15, 0.2) is 0 Å². The fourth-order valence-corrected chi connectivity index (χ4v) is 4.02. The van der Waals surface area contributed by atoms with Gasteiger partial charge in [-0.15, -0.1) is 0 Å². The van der Waals surface area contributed by atoms with E-state index >= 15 is 0 Å². The highest BCUT2D eigenvalue weighted by Crippen LogP contribution is 2.48. The molecule has 0 aromatic carbocycles. The first kappa shape index (κ1) is 13.1. The Morgan fingerprint density at radius 3 is 2.20 bits per heavy atom. The SMILES string of the molecule is CCC1(C)CC(C)CC(C)CC1C(C)C. The summed E-state index contributed by atoms with van der Waals surface area (Å²) in [5.41, 5.74) is 0.596. The van der Waals surface area contributed by atoms with Gasteiger partial charge in [0, 0.05) is 0 Å². The summed E-state index contributed by atoms with van der Waals surface area (Å²) in [7, 11) is 0. The Kier molecular flexibility index (Phi) is 4.26. The van der Waals surface area contributed by atoms with Crippen LogP contribution in [-0.2, 0) is 0 Å². The standard InChI is InChI=1S/C15H30/c1-7-15(6)10-13(5)8-12(4)9-14(15)11(2)3/h11-14H,7-10H2,1-6H3. The van der Waals surface area contributed by atoms with Gasteiger partial charge in [-0.3, -0.25) is 0 Å². The van der Waals surface area contributed by atoms with Crippen LogP contribution in [0.2, 0.25) is 0 Å². The van der Waals surface area contributed by atoms with Crippen molar-refractivity contribution in [2.75, 3.05) is 0 Å². The molecule has 1 aliphatic rings. The molecule has 0 N–H and O–H groups in total. The van der Waals surface area contributed by atoms with Crippen molar-refractivity contribution in [2.24, 2.45) is 29.1 Å². The average Bonchev–Trinajstić information content (AvgIpc) is 2.23. The van der Waals surface area contributed by atoms with Crippen molar-refractivity contribution in [2.45, 2.75) is 67.2 Å². The molecule has 4 unspecified atom stereocenters. The molecule has 0 spiro atoms. The molecule has 90 valence electrons. The highest BCUT2D eigenvalue weighted by molar-refractivity contribution is 4.89. The second-order valence-corrected chi connectivity index (χ2v) is 6.74. The summed E-state index contributed by atoms with van der Waals surface area (Å²) < 4.78 is 0. The minimum absolute atomic E-state index is 0.596. The lowest BCUT2D eigenvalue weighted by Crippen LogP contribution is -2.31. The van der Waals surface area contributed by atoms with E-state index in [2.05, 4.69) is 41.5 Å². The first-order chi connectivity index (χ1) is 6.89. The third-order valence-electron chi connectivity index (χ3n) is 4.78. The Labute approximate surface area is 96.8 Å². The second kappa shape index (κ2) is 4.89. The molecule has 1 rings (SSSR count). The van der Waals surface area contributed by atoms with Crippen LogP contribution in [0.3, 0.4) is 0 Å². The zero-order chi connectivity index (χ0) is 11.6. The molecule has 0 saturated heterocycles. The van der Waals surface area contributed by atoms with E-state index in [-0.39, 0.29) is 0 Å². The molecule has 1 fully saturated rings. The lowest BCUT2D eigenvalue weighted by atomic mass is 9.66. The van der Waals surface area contributed by atoms with Crippen LogP contribution in [0.25, 0.3) is 0 Å². The van der Waals surface area contributed by atoms with E-state index in [0.717, 1.165) is 23.7 Å². The zero-order valence-electron chi connectivity index (χ0n) is 11.6. The third kappa shape index (κ3) is 2.98. The maximum absolute atomic E-state index is 2.53. The molecule has 0 heteroatoms. The fourth-order valence-electron chi connectivity index (χ4n) is 4.02. The molecule has 4 atom stereocenters. The molecule has 0 aliphatic heterocycles. The van der Waals surface area contributed by atoms with Crippen LogP contribution < -0.4 is 0 Å². The predicted molar refractivity (Wildman–Crippen MR) is 68.9 cm³/mol. The Bertz CT molecular complexity index is 194. The lowest BCUT2D eigenvalue weighted by molar-refractivity contribution is 0.101. The zero-order valence-corrected chi connectivity index (χ0v) is 11.6. The van der Waals surface area contributed by atoms with Gasteiger partial charge in [0.15, 0.2) is 0 Å². The van der Waals surface area contributed by atoms with Gasteiger partial charge in [0.05, 0.1) is 0 Å². The molecule has 1 saturated carbocycles. The molecule has 0 bridgehead atoms. The molecule has 0 heterocycles. The third-order valence-corrected chi connectivity index (χ3v) is 4.78. The lowest BCUT2D eigenvalue weighted by Gasteiger charge is -2.40. The van der Waals surface area contributed by atoms with Crippen LogP contribution >= 0.6 is 0 Å². The van der Waals surface area contributed by atoms with E-state index in [4.69, 9.17) is 0 Å². The maximum atomic E-state index is 2.53. The van der Waals surface area contributed by atoms with Crippen molar-refractivity contribution in [3.05, 3.63) is 0 Å². The number of hydrogen-bond donors (Lipinski definition) is 0. The van der Waals surface area contributed by atoms with Gasteiger partial charge in [-0.1, -0.05) is 48.0 Å². The highest BCUT2D eigenvalue weighted by Gasteiger charge is 2.39. The molecule has 0 amide bonds. The van der Waals surface area contributed by atoms with Crippen LogP contribution in [-0.4, -0.2) is 0 Å². The van der Waals surface area contributed by atoms with Gasteiger partial charge in [-0.25, -0.2) is 0 Å². The van der Waals surface area contributed by atoms with Gasteiger partial charge in [0.1, 0.15) is 0 Å². The van der Waals surface area contributed by atoms with Crippen LogP contribution in [0.1, 0.15) is 67.2 Å². The Morgan fingerprint density at radius 2 is 1.73 bits per heavy atom. The van der Waals surface area contributed by atoms with Crippen molar-refractivity contribution in [3.8, 4) is 0 Å².